The molecule has 1 fully saturated rings. The predicted octanol–water partition coefficient (Wildman–Crippen LogP) is 5.55. The van der Waals surface area contributed by atoms with Crippen LogP contribution in [0, 0.1) is 5.92 Å². The van der Waals surface area contributed by atoms with Gasteiger partial charge in [-0.1, -0.05) is 36.4 Å². The van der Waals surface area contributed by atoms with Crippen molar-refractivity contribution in [2.24, 2.45) is 5.92 Å². The molecular weight excluding hydrogens is 351 g/mol. The van der Waals surface area contributed by atoms with Gasteiger partial charge >= 0.3 is 0 Å². The van der Waals surface area contributed by atoms with E-state index in [1.54, 1.807) is 11.4 Å². The lowest BCUT2D eigenvalue weighted by Crippen LogP contribution is -2.42. The number of hydrogen-bond acceptors (Lipinski definition) is 3. The van der Waals surface area contributed by atoms with Crippen molar-refractivity contribution in [3.63, 3.8) is 0 Å². The van der Waals surface area contributed by atoms with Gasteiger partial charge in [0.05, 0.1) is 10.9 Å². The molecule has 0 saturated heterocycles. The zero-order valence-corrected chi connectivity index (χ0v) is 16.8. The summed E-state index contributed by atoms with van der Waals surface area (Å²) in [6.07, 6.45) is 2.85. The quantitative estimate of drug-likeness (QED) is 0.559. The first-order valence-electron chi connectivity index (χ1n) is 8.37. The molecule has 1 aliphatic carbocycles. The maximum absolute atomic E-state index is 10.8. The van der Waals surface area contributed by atoms with Gasteiger partial charge in [-0.15, -0.1) is 0 Å². The second-order valence-corrected chi connectivity index (χ2v) is 12.4. The molecule has 3 rings (SSSR count). The molecule has 1 N–H and O–H groups in total. The third kappa shape index (κ3) is 3.91. The highest BCUT2D eigenvalue weighted by molar-refractivity contribution is 8.66. The first kappa shape index (κ1) is 18.1. The van der Waals surface area contributed by atoms with E-state index in [4.69, 9.17) is 11.8 Å². The maximum Gasteiger partial charge on any atom is 0.283 e. The maximum atomic E-state index is 10.8. The zero-order valence-electron chi connectivity index (χ0n) is 14.2. The molecule has 1 unspecified atom stereocenters. The summed E-state index contributed by atoms with van der Waals surface area (Å²) in [4.78, 5) is 0. The van der Waals surface area contributed by atoms with Crippen LogP contribution in [0.2, 0.25) is 0 Å². The minimum absolute atomic E-state index is 0.183. The van der Waals surface area contributed by atoms with Gasteiger partial charge < -0.3 is 5.11 Å². The number of fused-ring (bicyclic) bond motifs is 1. The molecule has 0 heterocycles. The van der Waals surface area contributed by atoms with Gasteiger partial charge in [0.25, 0.3) is 5.90 Å². The van der Waals surface area contributed by atoms with Crippen LogP contribution in [0.3, 0.4) is 0 Å². The van der Waals surface area contributed by atoms with Crippen LogP contribution < -0.4 is 5.30 Å². The standard InChI is InChI=1S/C20H24OPS2/c1-14(2)16-10-11-20(3,21)19(13-16)24-22(23)18-9-8-15-6-4-5-7-17(15)12-18/h4-9,12,16,19,21H,1,10-11,13H2,2-3H3/q+1/t16-,19+,20+/m0/s1. The predicted molar refractivity (Wildman–Crippen MR) is 112 cm³/mol. The fourth-order valence-corrected chi connectivity index (χ4v) is 8.40. The molecule has 24 heavy (non-hydrogen) atoms. The smallest absolute Gasteiger partial charge is 0.283 e. The molecule has 2 aromatic rings. The molecule has 0 aliphatic heterocycles. The van der Waals surface area contributed by atoms with Gasteiger partial charge in [0.1, 0.15) is 11.4 Å². The SMILES string of the molecule is C=C(C)[C@H]1CC[C@@](C)(O)[C@H](S[P+](=S)c2ccc3ccccc3c2)C1. The van der Waals surface area contributed by atoms with Crippen LogP contribution in [0.4, 0.5) is 0 Å². The van der Waals surface area contributed by atoms with Crippen molar-refractivity contribution < 1.29 is 5.11 Å². The van der Waals surface area contributed by atoms with E-state index in [1.165, 1.54) is 21.7 Å². The highest BCUT2D eigenvalue weighted by atomic mass is 32.9. The second-order valence-electron chi connectivity index (χ2n) is 7.06. The number of rotatable bonds is 4. The first-order chi connectivity index (χ1) is 11.4. The lowest BCUT2D eigenvalue weighted by atomic mass is 9.77. The Balaban J connectivity index is 1.79. The summed E-state index contributed by atoms with van der Waals surface area (Å²) in [5.41, 5.74) is 0.600. The van der Waals surface area contributed by atoms with Gasteiger partial charge in [-0.05, 0) is 68.0 Å². The molecular formula is C20H24OPS2+. The largest absolute Gasteiger partial charge is 0.389 e. The zero-order chi connectivity index (χ0) is 17.3. The number of aliphatic hydroxyl groups is 1. The number of hydrogen-bond donors (Lipinski definition) is 1. The Morgan fingerprint density at radius 3 is 2.71 bits per heavy atom. The monoisotopic (exact) mass is 375 g/mol. The Kier molecular flexibility index (Phi) is 5.46. The molecule has 0 amide bonds. The molecule has 4 atom stereocenters. The van der Waals surface area contributed by atoms with Crippen LogP contribution in [0.1, 0.15) is 33.1 Å². The van der Waals surface area contributed by atoms with Crippen molar-refractivity contribution >= 4 is 45.2 Å². The Morgan fingerprint density at radius 2 is 2.00 bits per heavy atom. The lowest BCUT2D eigenvalue weighted by Gasteiger charge is -2.38. The van der Waals surface area contributed by atoms with Crippen LogP contribution in [0.25, 0.3) is 10.8 Å². The Hall–Kier alpha value is -0.730. The van der Waals surface area contributed by atoms with E-state index in [1.807, 2.05) is 6.92 Å². The molecule has 1 saturated carbocycles. The summed E-state index contributed by atoms with van der Waals surface area (Å²) in [5, 5.41) is 14.7. The molecule has 2 aromatic carbocycles. The molecule has 1 nitrogen and oxygen atoms in total. The molecule has 0 radical (unpaired) electrons. The van der Waals surface area contributed by atoms with Gasteiger partial charge in [-0.3, -0.25) is 0 Å². The fourth-order valence-electron chi connectivity index (χ4n) is 3.33. The van der Waals surface area contributed by atoms with Gasteiger partial charge in [-0.25, -0.2) is 0 Å². The van der Waals surface area contributed by atoms with Crippen LogP contribution in [-0.4, -0.2) is 16.0 Å². The van der Waals surface area contributed by atoms with E-state index < -0.39 is 11.5 Å². The average molecular weight is 376 g/mol. The van der Waals surface area contributed by atoms with Crippen molar-refractivity contribution in [1.82, 2.24) is 0 Å². The molecule has 0 bridgehead atoms. The fraction of sp³-hybridized carbons (Fsp3) is 0.400. The normalized spacial score (nSPS) is 27.9. The van der Waals surface area contributed by atoms with Crippen molar-refractivity contribution in [1.29, 1.82) is 0 Å². The Bertz CT molecular complexity index is 784. The van der Waals surface area contributed by atoms with Gasteiger partial charge in [0, 0.05) is 0 Å². The van der Waals surface area contributed by atoms with Crippen LogP contribution in [0.15, 0.2) is 54.6 Å². The lowest BCUT2D eigenvalue weighted by molar-refractivity contribution is 0.0198. The van der Waals surface area contributed by atoms with E-state index >= 15 is 0 Å². The van der Waals surface area contributed by atoms with Crippen LogP contribution in [0.5, 0.6) is 0 Å². The van der Waals surface area contributed by atoms with Crippen molar-refractivity contribution in [3.8, 4) is 0 Å². The van der Waals surface area contributed by atoms with E-state index in [0.29, 0.717) is 5.92 Å². The minimum Gasteiger partial charge on any atom is -0.389 e. The second kappa shape index (κ2) is 7.25. The summed E-state index contributed by atoms with van der Waals surface area (Å²) < 4.78 is 0. The van der Waals surface area contributed by atoms with Crippen LogP contribution >= 0.6 is 17.3 Å². The van der Waals surface area contributed by atoms with E-state index in [-0.39, 0.29) is 5.25 Å². The average Bonchev–Trinajstić information content (AvgIpc) is 2.55. The summed E-state index contributed by atoms with van der Waals surface area (Å²) in [6, 6.07) is 14.9. The molecule has 1 aliphatic rings. The van der Waals surface area contributed by atoms with Crippen LogP contribution in [-0.2, 0) is 11.8 Å². The third-order valence-corrected chi connectivity index (χ3v) is 10.3. The topological polar surface area (TPSA) is 20.2 Å². The number of benzene rings is 2. The van der Waals surface area contributed by atoms with E-state index in [2.05, 4.69) is 56.0 Å². The Morgan fingerprint density at radius 1 is 1.29 bits per heavy atom. The van der Waals surface area contributed by atoms with Gasteiger partial charge in [0.2, 0.25) is 0 Å². The van der Waals surface area contributed by atoms with E-state index in [9.17, 15) is 5.11 Å². The Labute approximate surface area is 154 Å². The number of allylic oxidation sites excluding steroid dienone is 1. The first-order valence-corrected chi connectivity index (χ1v) is 12.2. The third-order valence-electron chi connectivity index (χ3n) is 5.05. The van der Waals surface area contributed by atoms with Gasteiger partial charge in [0.15, 0.2) is 17.1 Å². The molecule has 4 heteroatoms. The molecule has 0 aromatic heterocycles. The van der Waals surface area contributed by atoms with Crippen molar-refractivity contribution in [2.45, 2.75) is 44.0 Å². The highest BCUT2D eigenvalue weighted by Crippen LogP contribution is 2.50. The van der Waals surface area contributed by atoms with Crippen molar-refractivity contribution in [2.75, 3.05) is 0 Å². The highest BCUT2D eigenvalue weighted by Gasteiger charge is 2.43. The minimum atomic E-state index is -0.758. The summed E-state index contributed by atoms with van der Waals surface area (Å²) in [7, 11) is 0. The molecule has 0 spiro atoms. The van der Waals surface area contributed by atoms with Gasteiger partial charge in [-0.2, -0.15) is 0 Å². The van der Waals surface area contributed by atoms with E-state index in [0.717, 1.165) is 19.3 Å². The summed E-state index contributed by atoms with van der Waals surface area (Å²) in [5.74, 6) is -0.246. The van der Waals surface area contributed by atoms with Crippen molar-refractivity contribution in [3.05, 3.63) is 54.6 Å². The summed E-state index contributed by atoms with van der Waals surface area (Å²) in [6.45, 7) is 8.19. The molecule has 126 valence electrons. The summed E-state index contributed by atoms with van der Waals surface area (Å²) >= 11 is 7.65.